The number of urea groups is 1. The molecule has 0 saturated heterocycles. The molecule has 0 fully saturated rings. The predicted octanol–water partition coefficient (Wildman–Crippen LogP) is 2.61. The van der Waals surface area contributed by atoms with Crippen molar-refractivity contribution in [1.29, 1.82) is 0 Å². The number of ether oxygens (including phenoxy) is 1. The molecule has 6 heteroatoms. The van der Waals surface area contributed by atoms with Crippen molar-refractivity contribution in [2.24, 2.45) is 5.73 Å². The first-order valence-corrected chi connectivity index (χ1v) is 7.57. The molecule has 0 bridgehead atoms. The highest BCUT2D eigenvalue weighted by Gasteiger charge is 2.12. The number of anilines is 1. The van der Waals surface area contributed by atoms with Crippen LogP contribution in [0.3, 0.4) is 0 Å². The topological polar surface area (TPSA) is 93.4 Å². The molecule has 2 aromatic rings. The van der Waals surface area contributed by atoms with Crippen LogP contribution in [-0.2, 0) is 11.2 Å². The Hall–Kier alpha value is -3.02. The lowest BCUT2D eigenvalue weighted by atomic mass is 10.1. The van der Waals surface area contributed by atoms with Gasteiger partial charge in [0.2, 0.25) is 5.91 Å². The number of benzene rings is 2. The van der Waals surface area contributed by atoms with E-state index in [2.05, 4.69) is 10.6 Å². The Kier molecular flexibility index (Phi) is 5.78. The van der Waals surface area contributed by atoms with E-state index < -0.39 is 6.03 Å². The summed E-state index contributed by atoms with van der Waals surface area (Å²) in [6.07, 6.45) is 0.246. The minimum absolute atomic E-state index is 0.0914. The van der Waals surface area contributed by atoms with Crippen LogP contribution < -0.4 is 21.1 Å². The smallest absolute Gasteiger partial charge is 0.316 e. The highest BCUT2D eigenvalue weighted by Crippen LogP contribution is 2.19. The van der Waals surface area contributed by atoms with E-state index in [1.165, 1.54) is 0 Å². The van der Waals surface area contributed by atoms with E-state index in [4.69, 9.17) is 10.5 Å². The average Bonchev–Trinajstić information content (AvgIpc) is 2.55. The number of rotatable bonds is 6. The summed E-state index contributed by atoms with van der Waals surface area (Å²) in [5, 5.41) is 5.44. The van der Waals surface area contributed by atoms with Gasteiger partial charge in [0.1, 0.15) is 5.75 Å². The van der Waals surface area contributed by atoms with Crippen molar-refractivity contribution in [2.45, 2.75) is 19.4 Å². The maximum absolute atomic E-state index is 12.2. The Morgan fingerprint density at radius 2 is 1.79 bits per heavy atom. The molecular weight excluding hydrogens is 306 g/mol. The first kappa shape index (κ1) is 17.3. The monoisotopic (exact) mass is 327 g/mol. The van der Waals surface area contributed by atoms with Gasteiger partial charge in [0.05, 0.1) is 19.6 Å². The van der Waals surface area contributed by atoms with E-state index >= 15 is 0 Å². The molecule has 4 N–H and O–H groups in total. The van der Waals surface area contributed by atoms with Crippen molar-refractivity contribution in [3.05, 3.63) is 59.7 Å². The third-order valence-corrected chi connectivity index (χ3v) is 3.60. The highest BCUT2D eigenvalue weighted by atomic mass is 16.5. The van der Waals surface area contributed by atoms with Gasteiger partial charge in [-0.15, -0.1) is 0 Å². The molecule has 24 heavy (non-hydrogen) atoms. The van der Waals surface area contributed by atoms with Gasteiger partial charge in [-0.1, -0.05) is 30.3 Å². The minimum Gasteiger partial charge on any atom is -0.496 e. The van der Waals surface area contributed by atoms with E-state index in [9.17, 15) is 9.59 Å². The van der Waals surface area contributed by atoms with Crippen LogP contribution in [-0.4, -0.2) is 19.0 Å². The molecule has 0 spiro atoms. The Balaban J connectivity index is 1.97. The Labute approximate surface area is 141 Å². The molecule has 0 aromatic heterocycles. The number of primary amides is 1. The van der Waals surface area contributed by atoms with Crippen molar-refractivity contribution < 1.29 is 14.3 Å². The largest absolute Gasteiger partial charge is 0.496 e. The van der Waals surface area contributed by atoms with Crippen LogP contribution in [0.15, 0.2) is 48.5 Å². The lowest BCUT2D eigenvalue weighted by Crippen LogP contribution is -2.28. The first-order valence-electron chi connectivity index (χ1n) is 7.57. The molecule has 0 saturated carbocycles. The molecule has 0 aliphatic rings. The van der Waals surface area contributed by atoms with Crippen LogP contribution in [0.5, 0.6) is 5.75 Å². The average molecular weight is 327 g/mol. The SMILES string of the molecule is COc1ccccc1CC(=O)NC(C)c1ccc(NC(N)=O)cc1. The van der Waals surface area contributed by atoms with Crippen LogP contribution in [0.1, 0.15) is 24.1 Å². The van der Waals surface area contributed by atoms with Gasteiger partial charge in [-0.2, -0.15) is 0 Å². The number of nitrogens with two attached hydrogens (primary N) is 1. The Morgan fingerprint density at radius 3 is 2.42 bits per heavy atom. The number of carbonyl (C=O) groups excluding carboxylic acids is 2. The third kappa shape index (κ3) is 4.74. The van der Waals surface area contributed by atoms with Gasteiger partial charge in [-0.3, -0.25) is 4.79 Å². The fourth-order valence-corrected chi connectivity index (χ4v) is 2.40. The van der Waals surface area contributed by atoms with Crippen LogP contribution >= 0.6 is 0 Å². The molecule has 0 aliphatic carbocycles. The summed E-state index contributed by atoms with van der Waals surface area (Å²) in [4.78, 5) is 23.0. The van der Waals surface area contributed by atoms with Crippen molar-refractivity contribution in [3.8, 4) is 5.75 Å². The van der Waals surface area contributed by atoms with Crippen LogP contribution in [0, 0.1) is 0 Å². The number of methoxy groups -OCH3 is 1. The lowest BCUT2D eigenvalue weighted by molar-refractivity contribution is -0.121. The van der Waals surface area contributed by atoms with Crippen LogP contribution in [0.2, 0.25) is 0 Å². The molecule has 0 radical (unpaired) electrons. The zero-order valence-corrected chi connectivity index (χ0v) is 13.7. The second-order valence-corrected chi connectivity index (χ2v) is 5.39. The summed E-state index contributed by atoms with van der Waals surface area (Å²) in [7, 11) is 1.58. The normalized spacial score (nSPS) is 11.4. The maximum Gasteiger partial charge on any atom is 0.316 e. The number of carbonyl (C=O) groups is 2. The summed E-state index contributed by atoms with van der Waals surface area (Å²) < 4.78 is 5.26. The fraction of sp³-hybridized carbons (Fsp3) is 0.222. The van der Waals surface area contributed by atoms with Crippen molar-refractivity contribution in [3.63, 3.8) is 0 Å². The predicted molar refractivity (Wildman–Crippen MR) is 92.9 cm³/mol. The molecule has 2 aromatic carbocycles. The summed E-state index contributed by atoms with van der Waals surface area (Å²) in [5.74, 6) is 0.605. The fourth-order valence-electron chi connectivity index (χ4n) is 2.40. The van der Waals surface area contributed by atoms with Crippen molar-refractivity contribution in [2.75, 3.05) is 12.4 Å². The van der Waals surface area contributed by atoms with Crippen LogP contribution in [0.25, 0.3) is 0 Å². The maximum atomic E-state index is 12.2. The first-order chi connectivity index (χ1) is 11.5. The highest BCUT2D eigenvalue weighted by molar-refractivity contribution is 5.87. The number of hydrogen-bond acceptors (Lipinski definition) is 3. The van der Waals surface area contributed by atoms with Gasteiger partial charge < -0.3 is 21.1 Å². The van der Waals surface area contributed by atoms with Gasteiger partial charge in [-0.05, 0) is 30.7 Å². The van der Waals surface area contributed by atoms with E-state index in [1.807, 2.05) is 43.3 Å². The van der Waals surface area contributed by atoms with Crippen LogP contribution in [0.4, 0.5) is 10.5 Å². The Morgan fingerprint density at radius 1 is 1.12 bits per heavy atom. The van der Waals surface area contributed by atoms with Gasteiger partial charge in [0.15, 0.2) is 0 Å². The lowest BCUT2D eigenvalue weighted by Gasteiger charge is -2.15. The van der Waals surface area contributed by atoms with E-state index in [0.717, 1.165) is 11.1 Å². The van der Waals surface area contributed by atoms with Crippen molar-refractivity contribution in [1.82, 2.24) is 5.32 Å². The molecule has 0 heterocycles. The second-order valence-electron chi connectivity index (χ2n) is 5.39. The second kappa shape index (κ2) is 8.01. The third-order valence-electron chi connectivity index (χ3n) is 3.60. The van der Waals surface area contributed by atoms with Gasteiger partial charge in [0, 0.05) is 11.3 Å². The van der Waals surface area contributed by atoms with Gasteiger partial charge in [-0.25, -0.2) is 4.79 Å². The summed E-state index contributed by atoms with van der Waals surface area (Å²) in [6.45, 7) is 1.90. The van der Waals surface area contributed by atoms with Crippen molar-refractivity contribution >= 4 is 17.6 Å². The zero-order valence-electron chi connectivity index (χ0n) is 13.7. The van der Waals surface area contributed by atoms with E-state index in [1.54, 1.807) is 19.2 Å². The summed E-state index contributed by atoms with van der Waals surface area (Å²) in [6, 6.07) is 13.8. The molecule has 2 rings (SSSR count). The summed E-state index contributed by atoms with van der Waals surface area (Å²) >= 11 is 0. The zero-order chi connectivity index (χ0) is 17.5. The molecule has 6 nitrogen and oxygen atoms in total. The molecule has 126 valence electrons. The van der Waals surface area contributed by atoms with E-state index in [0.29, 0.717) is 11.4 Å². The number of amides is 3. The Bertz CT molecular complexity index is 714. The molecular formula is C18H21N3O3. The number of hydrogen-bond donors (Lipinski definition) is 3. The minimum atomic E-state index is -0.610. The summed E-state index contributed by atoms with van der Waals surface area (Å²) in [5.41, 5.74) is 7.45. The molecule has 1 atom stereocenters. The molecule has 1 unspecified atom stereocenters. The number of nitrogens with one attached hydrogen (secondary N) is 2. The van der Waals surface area contributed by atoms with Gasteiger partial charge in [0.25, 0.3) is 0 Å². The van der Waals surface area contributed by atoms with Gasteiger partial charge >= 0.3 is 6.03 Å². The molecule has 0 aliphatic heterocycles. The quantitative estimate of drug-likeness (QED) is 0.761. The van der Waals surface area contributed by atoms with E-state index in [-0.39, 0.29) is 18.4 Å². The standard InChI is InChI=1S/C18H21N3O3/c1-12(13-7-9-15(10-8-13)21-18(19)23)20-17(22)11-14-5-3-4-6-16(14)24-2/h3-10,12H,11H2,1-2H3,(H,20,22)(H3,19,21,23). The number of para-hydroxylation sites is 1. The molecule has 3 amide bonds.